The first kappa shape index (κ1) is 16.0. The Labute approximate surface area is 133 Å². The fourth-order valence-electron chi connectivity index (χ4n) is 2.13. The minimum atomic E-state index is -0.138. The number of rotatable bonds is 7. The van der Waals surface area contributed by atoms with Crippen LogP contribution in [0.5, 0.6) is 0 Å². The van der Waals surface area contributed by atoms with Crippen LogP contribution in [0.3, 0.4) is 0 Å². The van der Waals surface area contributed by atoms with Gasteiger partial charge >= 0.3 is 5.97 Å². The Morgan fingerprint density at radius 1 is 1.43 bits per heavy atom. The van der Waals surface area contributed by atoms with Gasteiger partial charge in [-0.3, -0.25) is 4.79 Å². The van der Waals surface area contributed by atoms with E-state index in [9.17, 15) is 4.79 Å². The zero-order valence-corrected chi connectivity index (χ0v) is 13.9. The predicted molar refractivity (Wildman–Crippen MR) is 86.2 cm³/mol. The van der Waals surface area contributed by atoms with E-state index in [0.29, 0.717) is 13.0 Å². The van der Waals surface area contributed by atoms with E-state index in [1.165, 1.54) is 0 Å². The number of carbonyl (C=O) groups excluding carboxylic acids is 1. The number of furan rings is 1. The summed E-state index contributed by atoms with van der Waals surface area (Å²) >= 11 is 3.46. The lowest BCUT2D eigenvalue weighted by Gasteiger charge is -2.10. The van der Waals surface area contributed by atoms with E-state index >= 15 is 0 Å². The molecule has 5 heteroatoms. The molecule has 0 spiro atoms. The predicted octanol–water partition coefficient (Wildman–Crippen LogP) is 4.19. The van der Waals surface area contributed by atoms with Crippen LogP contribution in [0.2, 0.25) is 0 Å². The van der Waals surface area contributed by atoms with Gasteiger partial charge in [-0.25, -0.2) is 0 Å². The number of benzene rings is 1. The van der Waals surface area contributed by atoms with Crippen LogP contribution in [0.1, 0.15) is 38.5 Å². The summed E-state index contributed by atoms with van der Waals surface area (Å²) < 4.78 is 11.8. The van der Waals surface area contributed by atoms with Crippen molar-refractivity contribution in [2.45, 2.75) is 32.7 Å². The minimum Gasteiger partial charge on any atom is -0.466 e. The Morgan fingerprint density at radius 3 is 3.00 bits per heavy atom. The van der Waals surface area contributed by atoms with Gasteiger partial charge in [-0.1, -0.05) is 15.9 Å². The third kappa shape index (κ3) is 4.58. The van der Waals surface area contributed by atoms with E-state index in [2.05, 4.69) is 28.2 Å². The molecule has 0 aliphatic heterocycles. The van der Waals surface area contributed by atoms with Crippen LogP contribution in [0, 0.1) is 0 Å². The van der Waals surface area contributed by atoms with Gasteiger partial charge < -0.3 is 14.5 Å². The standard InChI is InChI=1S/C16H20BrNO3/c1-3-20-16(19)5-4-8-18-11(2)15-10-12-9-13(17)6-7-14(12)21-15/h6-7,9-11,18H,3-5,8H2,1-2H3. The highest BCUT2D eigenvalue weighted by Crippen LogP contribution is 2.26. The minimum absolute atomic E-state index is 0.110. The highest BCUT2D eigenvalue weighted by atomic mass is 79.9. The van der Waals surface area contributed by atoms with Crippen molar-refractivity contribution in [2.75, 3.05) is 13.2 Å². The first-order chi connectivity index (χ1) is 10.1. The molecule has 1 aromatic carbocycles. The molecule has 0 saturated carbocycles. The number of hydrogen-bond donors (Lipinski definition) is 1. The lowest BCUT2D eigenvalue weighted by molar-refractivity contribution is -0.143. The molecule has 2 aromatic rings. The van der Waals surface area contributed by atoms with Gasteiger partial charge in [-0.2, -0.15) is 0 Å². The second-order valence-electron chi connectivity index (χ2n) is 4.92. The number of hydrogen-bond acceptors (Lipinski definition) is 4. The van der Waals surface area contributed by atoms with Gasteiger partial charge in [0.25, 0.3) is 0 Å². The average Bonchev–Trinajstić information content (AvgIpc) is 2.86. The highest BCUT2D eigenvalue weighted by molar-refractivity contribution is 9.10. The van der Waals surface area contributed by atoms with Crippen LogP contribution in [-0.4, -0.2) is 19.1 Å². The molecular formula is C16H20BrNO3. The van der Waals surface area contributed by atoms with Crippen molar-refractivity contribution >= 4 is 32.9 Å². The fraction of sp³-hybridized carbons (Fsp3) is 0.438. The monoisotopic (exact) mass is 353 g/mol. The zero-order valence-electron chi connectivity index (χ0n) is 12.3. The molecule has 1 atom stereocenters. The van der Waals surface area contributed by atoms with Gasteiger partial charge in [0.1, 0.15) is 11.3 Å². The molecule has 2 rings (SSSR count). The van der Waals surface area contributed by atoms with E-state index in [1.54, 1.807) is 0 Å². The molecule has 0 aliphatic rings. The van der Waals surface area contributed by atoms with Crippen molar-refractivity contribution in [1.82, 2.24) is 5.32 Å². The maximum absolute atomic E-state index is 11.2. The van der Waals surface area contributed by atoms with Crippen molar-refractivity contribution in [3.8, 4) is 0 Å². The molecule has 21 heavy (non-hydrogen) atoms. The third-order valence-corrected chi connectivity index (χ3v) is 3.73. The number of ether oxygens (including phenoxy) is 1. The summed E-state index contributed by atoms with van der Waals surface area (Å²) in [5.41, 5.74) is 0.883. The van der Waals surface area contributed by atoms with E-state index in [-0.39, 0.29) is 12.0 Å². The Balaban J connectivity index is 1.84. The molecule has 1 N–H and O–H groups in total. The van der Waals surface area contributed by atoms with Crippen molar-refractivity contribution in [1.29, 1.82) is 0 Å². The second-order valence-corrected chi connectivity index (χ2v) is 5.83. The smallest absolute Gasteiger partial charge is 0.305 e. The van der Waals surface area contributed by atoms with E-state index in [0.717, 1.165) is 34.2 Å². The van der Waals surface area contributed by atoms with E-state index in [4.69, 9.17) is 9.15 Å². The Morgan fingerprint density at radius 2 is 2.24 bits per heavy atom. The maximum atomic E-state index is 11.2. The molecule has 114 valence electrons. The Kier molecular flexibility index (Phi) is 5.82. The Hall–Kier alpha value is -1.33. The van der Waals surface area contributed by atoms with Crippen LogP contribution >= 0.6 is 15.9 Å². The highest BCUT2D eigenvalue weighted by Gasteiger charge is 2.11. The van der Waals surface area contributed by atoms with Gasteiger partial charge in [-0.15, -0.1) is 0 Å². The van der Waals surface area contributed by atoms with Crippen LogP contribution in [0.15, 0.2) is 33.2 Å². The Bertz CT molecular complexity index is 609. The summed E-state index contributed by atoms with van der Waals surface area (Å²) in [6.45, 7) is 5.06. The molecule has 0 amide bonds. The number of carbonyl (C=O) groups is 1. The van der Waals surface area contributed by atoms with Crippen LogP contribution in [0.4, 0.5) is 0 Å². The van der Waals surface area contributed by atoms with Crippen molar-refractivity contribution < 1.29 is 13.9 Å². The first-order valence-electron chi connectivity index (χ1n) is 7.18. The lowest BCUT2D eigenvalue weighted by Crippen LogP contribution is -2.20. The normalized spacial score (nSPS) is 12.5. The molecule has 0 aliphatic carbocycles. The second kappa shape index (κ2) is 7.61. The lowest BCUT2D eigenvalue weighted by atomic mass is 10.2. The van der Waals surface area contributed by atoms with Gasteiger partial charge in [0.2, 0.25) is 0 Å². The van der Waals surface area contributed by atoms with Crippen LogP contribution in [-0.2, 0) is 9.53 Å². The van der Waals surface area contributed by atoms with E-state index in [1.807, 2.05) is 31.2 Å². The molecule has 0 bridgehead atoms. The van der Waals surface area contributed by atoms with Crippen molar-refractivity contribution in [2.24, 2.45) is 0 Å². The van der Waals surface area contributed by atoms with E-state index < -0.39 is 0 Å². The zero-order chi connectivity index (χ0) is 15.2. The van der Waals surface area contributed by atoms with Crippen LogP contribution in [0.25, 0.3) is 11.0 Å². The molecule has 0 fully saturated rings. The van der Waals surface area contributed by atoms with Gasteiger partial charge in [-0.05, 0) is 51.1 Å². The maximum Gasteiger partial charge on any atom is 0.305 e. The number of halogens is 1. The molecule has 0 saturated heterocycles. The summed E-state index contributed by atoms with van der Waals surface area (Å²) in [7, 11) is 0. The fourth-order valence-corrected chi connectivity index (χ4v) is 2.51. The topological polar surface area (TPSA) is 51.5 Å². The SMILES string of the molecule is CCOC(=O)CCCNC(C)c1cc2cc(Br)ccc2o1. The number of esters is 1. The summed E-state index contributed by atoms with van der Waals surface area (Å²) in [6.07, 6.45) is 1.20. The molecule has 1 unspecified atom stereocenters. The van der Waals surface area contributed by atoms with Crippen molar-refractivity contribution in [3.63, 3.8) is 0 Å². The summed E-state index contributed by atoms with van der Waals surface area (Å²) in [5, 5.41) is 4.44. The number of nitrogens with one attached hydrogen (secondary N) is 1. The van der Waals surface area contributed by atoms with Gasteiger partial charge in [0.05, 0.1) is 12.6 Å². The van der Waals surface area contributed by atoms with Gasteiger partial charge in [0, 0.05) is 16.3 Å². The summed E-state index contributed by atoms with van der Waals surface area (Å²) in [4.78, 5) is 11.2. The molecular weight excluding hydrogens is 334 g/mol. The van der Waals surface area contributed by atoms with Crippen molar-refractivity contribution in [3.05, 3.63) is 34.5 Å². The molecule has 1 aromatic heterocycles. The molecule has 0 radical (unpaired) electrons. The largest absolute Gasteiger partial charge is 0.466 e. The van der Waals surface area contributed by atoms with Gasteiger partial charge in [0.15, 0.2) is 0 Å². The number of fused-ring (bicyclic) bond motifs is 1. The molecule has 4 nitrogen and oxygen atoms in total. The third-order valence-electron chi connectivity index (χ3n) is 3.24. The molecule has 1 heterocycles. The average molecular weight is 354 g/mol. The summed E-state index contributed by atoms with van der Waals surface area (Å²) in [6, 6.07) is 8.11. The summed E-state index contributed by atoms with van der Waals surface area (Å²) in [5.74, 6) is 0.764. The quantitative estimate of drug-likeness (QED) is 0.598. The van der Waals surface area contributed by atoms with Crippen LogP contribution < -0.4 is 5.32 Å². The first-order valence-corrected chi connectivity index (χ1v) is 7.97.